The van der Waals surface area contributed by atoms with Gasteiger partial charge in [-0.1, -0.05) is 13.3 Å². The molecule has 0 atom stereocenters. The molecule has 1 N–H and O–H groups in total. The predicted octanol–water partition coefficient (Wildman–Crippen LogP) is 5.22. The van der Waals surface area contributed by atoms with Gasteiger partial charge < -0.3 is 17.5 Å². The highest BCUT2D eigenvalue weighted by molar-refractivity contribution is 6.93. The van der Waals surface area contributed by atoms with Gasteiger partial charge in [-0.2, -0.15) is 0 Å². The molecule has 0 aromatic carbocycles. The van der Waals surface area contributed by atoms with Gasteiger partial charge in [-0.15, -0.1) is 0 Å². The maximum Gasteiger partial charge on any atom is 0.502 e. The van der Waals surface area contributed by atoms with Crippen LogP contribution in [0.3, 0.4) is 0 Å². The number of aliphatic carboxylic acids is 1. The number of carboxylic acids is 1. The van der Waals surface area contributed by atoms with Gasteiger partial charge in [0.1, 0.15) is 0 Å². The highest BCUT2D eigenvalue weighted by atomic mass is 28.5. The van der Waals surface area contributed by atoms with Crippen LogP contribution in [0.15, 0.2) is 10.8 Å². The molecule has 0 aliphatic carbocycles. The van der Waals surface area contributed by atoms with Gasteiger partial charge in [0.25, 0.3) is 0 Å². The Balaban J connectivity index is 6.65. The van der Waals surface area contributed by atoms with Gasteiger partial charge in [-0.3, -0.25) is 0 Å². The van der Waals surface area contributed by atoms with Crippen LogP contribution >= 0.6 is 0 Å². The lowest BCUT2D eigenvalue weighted by molar-refractivity contribution is -0.132. The van der Waals surface area contributed by atoms with E-state index in [2.05, 4.69) is 58.9 Å². The van der Waals surface area contributed by atoms with Crippen molar-refractivity contribution in [1.82, 2.24) is 0 Å². The van der Waals surface area contributed by atoms with Gasteiger partial charge in [0.15, 0.2) is 25.0 Å². The van der Waals surface area contributed by atoms with E-state index >= 15 is 0 Å². The predicted molar refractivity (Wildman–Crippen MR) is 114 cm³/mol. The first-order valence-corrected chi connectivity index (χ1v) is 20.9. The molecule has 0 saturated carbocycles. The number of carboxylic acid groups (broad SMARTS) is 1. The van der Waals surface area contributed by atoms with Crippen LogP contribution in [0.1, 0.15) is 26.7 Å². The number of rotatable bonds is 10. The van der Waals surface area contributed by atoms with Crippen molar-refractivity contribution in [2.24, 2.45) is 0 Å². The fraction of sp³-hybridized carbons (Fsp3) is 0.812. The molecule has 25 heavy (non-hydrogen) atoms. The van der Waals surface area contributed by atoms with E-state index in [9.17, 15) is 9.90 Å². The van der Waals surface area contributed by atoms with Gasteiger partial charge >= 0.3 is 14.8 Å². The van der Waals surface area contributed by atoms with E-state index < -0.39 is 39.7 Å². The van der Waals surface area contributed by atoms with E-state index in [1.807, 2.05) is 6.92 Å². The molecule has 5 nitrogen and oxygen atoms in total. The Hall–Kier alpha value is -0.0425. The highest BCUT2D eigenvalue weighted by Crippen LogP contribution is 2.35. The van der Waals surface area contributed by atoms with E-state index in [0.717, 1.165) is 11.6 Å². The molecule has 148 valence electrons. The summed E-state index contributed by atoms with van der Waals surface area (Å²) in [7, 11) is -9.40. The Morgan fingerprint density at radius 2 is 1.12 bits per heavy atom. The SMILES string of the molecule is CCCC(=C(C)C(=O)O)[Si](O[Si](C)(C)C)(O[Si](C)(C)C)O[Si](C)(C)C. The van der Waals surface area contributed by atoms with Crippen LogP contribution in [0.4, 0.5) is 0 Å². The van der Waals surface area contributed by atoms with Crippen molar-refractivity contribution in [2.75, 3.05) is 0 Å². The average Bonchev–Trinajstić information content (AvgIpc) is 2.27. The molecule has 0 aromatic heterocycles. The second kappa shape index (κ2) is 8.76. The van der Waals surface area contributed by atoms with Crippen molar-refractivity contribution < 1.29 is 22.2 Å². The molecule has 0 spiro atoms. The molecule has 0 heterocycles. The van der Waals surface area contributed by atoms with Crippen molar-refractivity contribution >= 4 is 39.7 Å². The third-order valence-electron chi connectivity index (χ3n) is 2.96. The summed E-state index contributed by atoms with van der Waals surface area (Å²) >= 11 is 0. The Morgan fingerprint density at radius 1 is 0.800 bits per heavy atom. The van der Waals surface area contributed by atoms with Crippen molar-refractivity contribution in [3.63, 3.8) is 0 Å². The molecular formula is C16H38O5Si4. The number of hydrogen-bond acceptors (Lipinski definition) is 4. The quantitative estimate of drug-likeness (QED) is 0.386. The fourth-order valence-electron chi connectivity index (χ4n) is 2.41. The molecule has 0 aromatic rings. The summed E-state index contributed by atoms with van der Waals surface area (Å²) in [5.74, 6) is -0.919. The normalized spacial score (nSPS) is 15.2. The highest BCUT2D eigenvalue weighted by Gasteiger charge is 2.54. The molecule has 0 radical (unpaired) electrons. The summed E-state index contributed by atoms with van der Waals surface area (Å²) in [6.45, 7) is 22.7. The first-order valence-electron chi connectivity index (χ1n) is 8.96. The molecule has 0 amide bonds. The Kier molecular flexibility index (Phi) is 8.75. The largest absolute Gasteiger partial charge is 0.502 e. The summed E-state index contributed by atoms with van der Waals surface area (Å²) in [5.41, 5.74) is 0.322. The maximum atomic E-state index is 11.8. The van der Waals surface area contributed by atoms with E-state index in [1.54, 1.807) is 6.92 Å². The van der Waals surface area contributed by atoms with Crippen LogP contribution in [0, 0.1) is 0 Å². The molecule has 0 unspecified atom stereocenters. The number of carbonyl (C=O) groups is 1. The molecule has 9 heteroatoms. The monoisotopic (exact) mass is 422 g/mol. The second-order valence-electron chi connectivity index (χ2n) is 9.36. The van der Waals surface area contributed by atoms with E-state index in [0.29, 0.717) is 12.0 Å². The molecular weight excluding hydrogens is 385 g/mol. The third-order valence-corrected chi connectivity index (χ3v) is 14.9. The van der Waals surface area contributed by atoms with Gasteiger partial charge in [0.05, 0.1) is 0 Å². The minimum absolute atomic E-state index is 0.322. The van der Waals surface area contributed by atoms with Crippen molar-refractivity contribution in [3.05, 3.63) is 10.8 Å². The van der Waals surface area contributed by atoms with Crippen LogP contribution in [0.25, 0.3) is 0 Å². The minimum Gasteiger partial charge on any atom is -0.478 e. The fourth-order valence-corrected chi connectivity index (χ4v) is 16.3. The minimum atomic E-state index is -3.29. The van der Waals surface area contributed by atoms with Crippen LogP contribution in [-0.2, 0) is 17.1 Å². The summed E-state index contributed by atoms with van der Waals surface area (Å²) < 4.78 is 19.9. The van der Waals surface area contributed by atoms with Crippen LogP contribution < -0.4 is 0 Å². The van der Waals surface area contributed by atoms with Gasteiger partial charge in [-0.05, 0) is 72.3 Å². The van der Waals surface area contributed by atoms with Gasteiger partial charge in [0.2, 0.25) is 0 Å². The van der Waals surface area contributed by atoms with Gasteiger partial charge in [-0.25, -0.2) is 4.79 Å². The molecule has 0 aliphatic heterocycles. The smallest absolute Gasteiger partial charge is 0.478 e. The van der Waals surface area contributed by atoms with Gasteiger partial charge in [0, 0.05) is 10.8 Å². The van der Waals surface area contributed by atoms with Crippen LogP contribution in [0.5, 0.6) is 0 Å². The summed E-state index contributed by atoms with van der Waals surface area (Å²) in [5, 5.41) is 10.4. The number of allylic oxidation sites excluding steroid dienone is 1. The third kappa shape index (κ3) is 9.45. The maximum absolute atomic E-state index is 11.8. The molecule has 0 fully saturated rings. The summed E-state index contributed by atoms with van der Waals surface area (Å²) in [6.07, 6.45) is 1.46. The van der Waals surface area contributed by atoms with Crippen molar-refractivity contribution in [2.45, 2.75) is 85.6 Å². The topological polar surface area (TPSA) is 65.0 Å². The number of hydrogen-bond donors (Lipinski definition) is 1. The average molecular weight is 423 g/mol. The standard InChI is InChI=1S/C16H38O5Si4/c1-12-13-15(14(2)16(17)18)25(19-22(3,4)5,20-23(6,7)8)21-24(9,10)11/h12-13H2,1-11H3,(H,17,18). The lowest BCUT2D eigenvalue weighted by Crippen LogP contribution is -2.62. The Morgan fingerprint density at radius 3 is 1.32 bits per heavy atom. The first-order chi connectivity index (χ1) is 10.9. The molecule has 0 aliphatic rings. The van der Waals surface area contributed by atoms with Crippen LogP contribution in [0.2, 0.25) is 58.9 Å². The lowest BCUT2D eigenvalue weighted by atomic mass is 10.2. The summed E-state index contributed by atoms with van der Waals surface area (Å²) in [4.78, 5) is 11.8. The van der Waals surface area contributed by atoms with Crippen LogP contribution in [-0.4, -0.2) is 44.8 Å². The van der Waals surface area contributed by atoms with Crippen molar-refractivity contribution in [1.29, 1.82) is 0 Å². The summed E-state index contributed by atoms with van der Waals surface area (Å²) in [6, 6.07) is 0. The lowest BCUT2D eigenvalue weighted by Gasteiger charge is -2.44. The molecule has 0 rings (SSSR count). The van der Waals surface area contributed by atoms with Crippen molar-refractivity contribution in [3.8, 4) is 0 Å². The Labute approximate surface area is 158 Å². The van der Waals surface area contributed by atoms with E-state index in [4.69, 9.17) is 12.3 Å². The molecule has 0 bridgehead atoms. The zero-order valence-electron chi connectivity index (χ0n) is 18.0. The second-order valence-corrected chi connectivity index (χ2v) is 26.2. The Bertz CT molecular complexity index is 457. The van der Waals surface area contributed by atoms with E-state index in [-0.39, 0.29) is 0 Å². The zero-order valence-corrected chi connectivity index (χ0v) is 22.0. The first kappa shape index (κ1) is 25.0. The van der Waals surface area contributed by atoms with E-state index in [1.165, 1.54) is 0 Å². The zero-order chi connectivity index (χ0) is 20.3. The molecule has 0 saturated heterocycles.